The number of esters is 1. The van der Waals surface area contributed by atoms with Crippen molar-refractivity contribution in [2.45, 2.75) is 52.2 Å². The van der Waals surface area contributed by atoms with E-state index in [0.29, 0.717) is 12.1 Å². The van der Waals surface area contributed by atoms with Gasteiger partial charge in [-0.3, -0.25) is 0 Å². The highest BCUT2D eigenvalue weighted by Gasteiger charge is 2.25. The number of nitrogens with one attached hydrogen (secondary N) is 1. The van der Waals surface area contributed by atoms with Crippen molar-refractivity contribution in [3.05, 3.63) is 39.9 Å². The fraction of sp³-hybridized carbons (Fsp3) is 0.533. The Morgan fingerprint density at radius 2 is 2.17 bits per heavy atom. The number of nitrogens with zero attached hydrogens (tertiary/aromatic N) is 1. The van der Waals surface area contributed by atoms with Crippen LogP contribution < -0.4 is 5.82 Å². The monoisotopic (exact) mass is 324 g/mol. The van der Waals surface area contributed by atoms with Gasteiger partial charge in [0.2, 0.25) is 0 Å². The lowest BCUT2D eigenvalue weighted by Crippen LogP contribution is -2.22. The van der Waals surface area contributed by atoms with E-state index in [1.807, 2.05) is 6.92 Å². The summed E-state index contributed by atoms with van der Waals surface area (Å²) in [4.78, 5) is 30.0. The minimum atomic E-state index is -0.872. The second kappa shape index (κ2) is 6.41. The normalized spacial score (nSPS) is 13.1. The molecule has 0 fully saturated rings. The molecule has 0 aromatic carbocycles. The van der Waals surface area contributed by atoms with Crippen molar-refractivity contribution in [1.29, 1.82) is 0 Å². The molecule has 2 aromatic rings. The van der Waals surface area contributed by atoms with E-state index < -0.39 is 17.4 Å². The quantitative estimate of drug-likeness (QED) is 0.779. The van der Waals surface area contributed by atoms with Crippen molar-refractivity contribution >= 4 is 5.97 Å². The topological polar surface area (TPSA) is 119 Å². The SMILES string of the molecule is Cc1oc(=O)oc1COC(=O)c1nc[nH]c1[C@@H](C)CC(C)(C)O. The number of imidazole rings is 1. The lowest BCUT2D eigenvalue weighted by molar-refractivity contribution is 0.0428. The number of rotatable bonds is 6. The van der Waals surface area contributed by atoms with Crippen molar-refractivity contribution in [3.63, 3.8) is 0 Å². The molecule has 0 saturated heterocycles. The number of aryl methyl sites for hydroxylation is 1. The van der Waals surface area contributed by atoms with Gasteiger partial charge in [0.05, 0.1) is 17.6 Å². The van der Waals surface area contributed by atoms with Crippen molar-refractivity contribution in [2.24, 2.45) is 0 Å². The van der Waals surface area contributed by atoms with Crippen LogP contribution >= 0.6 is 0 Å². The Morgan fingerprint density at radius 3 is 2.74 bits per heavy atom. The summed E-state index contributed by atoms with van der Waals surface area (Å²) in [5.41, 5.74) is -0.143. The first kappa shape index (κ1) is 17.0. The van der Waals surface area contributed by atoms with Crippen LogP contribution in [0.15, 0.2) is 20.0 Å². The van der Waals surface area contributed by atoms with Gasteiger partial charge in [-0.1, -0.05) is 6.92 Å². The number of aromatic amines is 1. The molecule has 0 radical (unpaired) electrons. The molecule has 0 amide bonds. The van der Waals surface area contributed by atoms with Crippen LogP contribution in [0, 0.1) is 6.92 Å². The number of ether oxygens (including phenoxy) is 1. The van der Waals surface area contributed by atoms with Crippen LogP contribution in [0.5, 0.6) is 0 Å². The molecule has 0 saturated carbocycles. The first-order chi connectivity index (χ1) is 10.7. The molecule has 8 heteroatoms. The summed E-state index contributed by atoms with van der Waals surface area (Å²) < 4.78 is 14.6. The zero-order valence-corrected chi connectivity index (χ0v) is 13.5. The van der Waals surface area contributed by atoms with Crippen LogP contribution in [0.4, 0.5) is 0 Å². The standard InChI is InChI=1S/C15H20N2O6/c1-8(5-15(3,4)20)11-12(17-7-16-11)13(18)21-6-10-9(2)22-14(19)23-10/h7-8,20H,5-6H2,1-4H3,(H,16,17)/t8-/m0/s1. The Hall–Kier alpha value is -2.35. The van der Waals surface area contributed by atoms with Crippen LogP contribution in [0.1, 0.15) is 60.8 Å². The van der Waals surface area contributed by atoms with E-state index in [-0.39, 0.29) is 29.7 Å². The van der Waals surface area contributed by atoms with Gasteiger partial charge in [0, 0.05) is 5.92 Å². The van der Waals surface area contributed by atoms with E-state index in [0.717, 1.165) is 0 Å². The number of carbonyl (C=O) groups excluding carboxylic acids is 1. The summed E-state index contributed by atoms with van der Waals surface area (Å²) in [5.74, 6) is -1.18. The lowest BCUT2D eigenvalue weighted by atomic mass is 9.92. The van der Waals surface area contributed by atoms with Gasteiger partial charge in [-0.05, 0) is 27.2 Å². The van der Waals surface area contributed by atoms with Gasteiger partial charge < -0.3 is 23.7 Å². The number of H-pyrrole nitrogens is 1. The molecule has 0 aliphatic heterocycles. The van der Waals surface area contributed by atoms with E-state index in [2.05, 4.69) is 9.97 Å². The average molecular weight is 324 g/mol. The molecule has 2 N–H and O–H groups in total. The van der Waals surface area contributed by atoms with Crippen LogP contribution in [0.25, 0.3) is 0 Å². The third-order valence-corrected chi connectivity index (χ3v) is 3.33. The van der Waals surface area contributed by atoms with Crippen LogP contribution in [-0.4, -0.2) is 26.6 Å². The summed E-state index contributed by atoms with van der Waals surface area (Å²) in [5, 5.41) is 9.90. The first-order valence-corrected chi connectivity index (χ1v) is 7.19. The summed E-state index contributed by atoms with van der Waals surface area (Å²) in [6.07, 6.45) is 1.85. The fourth-order valence-electron chi connectivity index (χ4n) is 2.40. The summed E-state index contributed by atoms with van der Waals surface area (Å²) in [6.45, 7) is 6.59. The molecule has 23 heavy (non-hydrogen) atoms. The first-order valence-electron chi connectivity index (χ1n) is 7.19. The molecule has 126 valence electrons. The molecular weight excluding hydrogens is 304 g/mol. The van der Waals surface area contributed by atoms with Crippen LogP contribution in [-0.2, 0) is 11.3 Å². The van der Waals surface area contributed by atoms with E-state index in [1.54, 1.807) is 20.8 Å². The molecule has 0 bridgehead atoms. The molecule has 0 spiro atoms. The number of hydrogen-bond acceptors (Lipinski definition) is 7. The van der Waals surface area contributed by atoms with Crippen LogP contribution in [0.2, 0.25) is 0 Å². The summed E-state index contributed by atoms with van der Waals surface area (Å²) in [7, 11) is 0. The molecule has 0 aliphatic carbocycles. The molecular formula is C15H20N2O6. The van der Waals surface area contributed by atoms with Gasteiger partial charge in [0.15, 0.2) is 23.8 Å². The van der Waals surface area contributed by atoms with E-state index in [9.17, 15) is 14.7 Å². The minimum Gasteiger partial charge on any atom is -0.453 e. The molecule has 2 aromatic heterocycles. The second-order valence-corrected chi connectivity index (χ2v) is 6.09. The number of aliphatic hydroxyl groups is 1. The van der Waals surface area contributed by atoms with E-state index in [1.165, 1.54) is 6.33 Å². The van der Waals surface area contributed by atoms with Gasteiger partial charge in [0.25, 0.3) is 0 Å². The third-order valence-electron chi connectivity index (χ3n) is 3.33. The van der Waals surface area contributed by atoms with Crippen molar-refractivity contribution < 1.29 is 23.5 Å². The average Bonchev–Trinajstić information content (AvgIpc) is 3.00. The second-order valence-electron chi connectivity index (χ2n) is 6.09. The smallest absolute Gasteiger partial charge is 0.453 e. The van der Waals surface area contributed by atoms with Crippen molar-refractivity contribution in [1.82, 2.24) is 9.97 Å². The predicted octanol–water partition coefficient (Wildman–Crippen LogP) is 1.89. The Labute approximate surface area is 132 Å². The number of carbonyl (C=O) groups is 1. The maximum atomic E-state index is 12.2. The van der Waals surface area contributed by atoms with Gasteiger partial charge in [-0.25, -0.2) is 14.6 Å². The fourth-order valence-corrected chi connectivity index (χ4v) is 2.40. The third kappa shape index (κ3) is 4.32. The Bertz CT molecular complexity index is 734. The molecule has 8 nitrogen and oxygen atoms in total. The molecule has 2 heterocycles. The molecule has 2 rings (SSSR count). The zero-order chi connectivity index (χ0) is 17.2. The Kier molecular flexibility index (Phi) is 4.74. The molecule has 0 aliphatic rings. The summed E-state index contributed by atoms with van der Waals surface area (Å²) in [6, 6.07) is 0. The van der Waals surface area contributed by atoms with Crippen molar-refractivity contribution in [3.8, 4) is 0 Å². The Balaban J connectivity index is 2.07. The molecule has 0 unspecified atom stereocenters. The minimum absolute atomic E-state index is 0.117. The van der Waals surface area contributed by atoms with Gasteiger partial charge in [0.1, 0.15) is 0 Å². The van der Waals surface area contributed by atoms with Crippen molar-refractivity contribution in [2.75, 3.05) is 0 Å². The predicted molar refractivity (Wildman–Crippen MR) is 79.0 cm³/mol. The highest BCUT2D eigenvalue weighted by molar-refractivity contribution is 5.88. The number of aromatic nitrogens is 2. The van der Waals surface area contributed by atoms with Gasteiger partial charge in [-0.15, -0.1) is 0 Å². The van der Waals surface area contributed by atoms with Gasteiger partial charge in [-0.2, -0.15) is 0 Å². The highest BCUT2D eigenvalue weighted by atomic mass is 16.6. The Morgan fingerprint density at radius 1 is 1.48 bits per heavy atom. The maximum Gasteiger partial charge on any atom is 0.519 e. The van der Waals surface area contributed by atoms with Gasteiger partial charge >= 0.3 is 11.8 Å². The number of hydrogen-bond donors (Lipinski definition) is 2. The van der Waals surface area contributed by atoms with Crippen LogP contribution in [0.3, 0.4) is 0 Å². The molecule has 1 atom stereocenters. The lowest BCUT2D eigenvalue weighted by Gasteiger charge is -2.21. The largest absolute Gasteiger partial charge is 0.519 e. The zero-order valence-electron chi connectivity index (χ0n) is 13.5. The maximum absolute atomic E-state index is 12.2. The van der Waals surface area contributed by atoms with E-state index in [4.69, 9.17) is 13.6 Å². The summed E-state index contributed by atoms with van der Waals surface area (Å²) >= 11 is 0. The highest BCUT2D eigenvalue weighted by Crippen LogP contribution is 2.26. The van der Waals surface area contributed by atoms with E-state index >= 15 is 0 Å².